The van der Waals surface area contributed by atoms with E-state index in [2.05, 4.69) is 9.17 Å². The van der Waals surface area contributed by atoms with Gasteiger partial charge >= 0.3 is 15.6 Å². The van der Waals surface area contributed by atoms with Crippen LogP contribution in [0.3, 0.4) is 0 Å². The molecule has 1 heterocycles. The van der Waals surface area contributed by atoms with E-state index in [0.29, 0.717) is 0 Å². The molecule has 1 aromatic heterocycles. The quantitative estimate of drug-likeness (QED) is 0.609. The van der Waals surface area contributed by atoms with Crippen molar-refractivity contribution in [3.8, 4) is 5.88 Å². The Morgan fingerprint density at radius 1 is 1.44 bits per heavy atom. The molecule has 0 atom stereocenters. The van der Waals surface area contributed by atoms with Crippen LogP contribution in [0.2, 0.25) is 0 Å². The molecule has 1 aliphatic rings. The van der Waals surface area contributed by atoms with Crippen LogP contribution in [0.25, 0.3) is 0 Å². The minimum atomic E-state index is -5.67. The Morgan fingerprint density at radius 2 is 2.06 bits per heavy atom. The van der Waals surface area contributed by atoms with E-state index in [9.17, 15) is 21.6 Å². The van der Waals surface area contributed by atoms with Crippen molar-refractivity contribution in [1.29, 1.82) is 0 Å². The standard InChI is InChI=1S/C7H6F3NO4S/c8-7(9,10)16(12,13)15-5-3-14-6(11-5)4-1-2-4/h3-4H,1-2H2. The molecule has 0 radical (unpaired) electrons. The van der Waals surface area contributed by atoms with Gasteiger partial charge in [0.25, 0.3) is 5.88 Å². The SMILES string of the molecule is O=S(=O)(Oc1coc(C2CC2)n1)C(F)(F)F. The highest BCUT2D eigenvalue weighted by atomic mass is 32.2. The monoisotopic (exact) mass is 257 g/mol. The normalized spacial score (nSPS) is 17.4. The highest BCUT2D eigenvalue weighted by molar-refractivity contribution is 7.87. The zero-order valence-corrected chi connectivity index (χ0v) is 8.51. The zero-order chi connectivity index (χ0) is 12.0. The Labute approximate surface area is 88.3 Å². The van der Waals surface area contributed by atoms with E-state index in [1.165, 1.54) is 0 Å². The van der Waals surface area contributed by atoms with Gasteiger partial charge in [0.05, 0.1) is 0 Å². The predicted molar refractivity (Wildman–Crippen MR) is 44.1 cm³/mol. The highest BCUT2D eigenvalue weighted by Gasteiger charge is 2.49. The lowest BCUT2D eigenvalue weighted by molar-refractivity contribution is -0.0501. The Balaban J connectivity index is 2.14. The van der Waals surface area contributed by atoms with Crippen LogP contribution in [-0.2, 0) is 10.1 Å². The summed E-state index contributed by atoms with van der Waals surface area (Å²) in [5, 5.41) is 0. The van der Waals surface area contributed by atoms with Gasteiger partial charge in [-0.3, -0.25) is 0 Å². The maximum absolute atomic E-state index is 11.9. The van der Waals surface area contributed by atoms with Crippen LogP contribution >= 0.6 is 0 Å². The number of nitrogens with zero attached hydrogens (tertiary/aromatic N) is 1. The summed E-state index contributed by atoms with van der Waals surface area (Å²) in [4.78, 5) is 3.50. The van der Waals surface area contributed by atoms with E-state index in [1.807, 2.05) is 0 Å². The van der Waals surface area contributed by atoms with E-state index in [-0.39, 0.29) is 11.8 Å². The van der Waals surface area contributed by atoms with Gasteiger partial charge in [0, 0.05) is 5.92 Å². The first kappa shape index (κ1) is 11.2. The molecule has 5 nitrogen and oxygen atoms in total. The minimum Gasteiger partial charge on any atom is -0.445 e. The molecule has 1 aromatic rings. The summed E-state index contributed by atoms with van der Waals surface area (Å²) >= 11 is 0. The van der Waals surface area contributed by atoms with Gasteiger partial charge in [-0.2, -0.15) is 26.6 Å². The molecule has 0 amide bonds. The number of alkyl halides is 3. The van der Waals surface area contributed by atoms with Crippen molar-refractivity contribution in [2.24, 2.45) is 0 Å². The number of rotatable bonds is 3. The van der Waals surface area contributed by atoms with Crippen LogP contribution in [0.1, 0.15) is 24.7 Å². The fourth-order valence-corrected chi connectivity index (χ4v) is 1.38. The number of hydrogen-bond acceptors (Lipinski definition) is 5. The highest BCUT2D eigenvalue weighted by Crippen LogP contribution is 2.40. The second-order valence-electron chi connectivity index (χ2n) is 3.28. The van der Waals surface area contributed by atoms with Crippen molar-refractivity contribution in [3.63, 3.8) is 0 Å². The third-order valence-electron chi connectivity index (χ3n) is 1.91. The lowest BCUT2D eigenvalue weighted by Gasteiger charge is -2.05. The number of hydrogen-bond donors (Lipinski definition) is 0. The van der Waals surface area contributed by atoms with Gasteiger partial charge in [-0.05, 0) is 12.8 Å². The van der Waals surface area contributed by atoms with E-state index < -0.39 is 21.5 Å². The van der Waals surface area contributed by atoms with E-state index in [4.69, 9.17) is 4.42 Å². The van der Waals surface area contributed by atoms with Gasteiger partial charge in [-0.1, -0.05) is 0 Å². The fraction of sp³-hybridized carbons (Fsp3) is 0.571. The summed E-state index contributed by atoms with van der Waals surface area (Å²) in [5.41, 5.74) is -5.47. The van der Waals surface area contributed by atoms with Crippen molar-refractivity contribution < 1.29 is 30.2 Å². The summed E-state index contributed by atoms with van der Waals surface area (Å²) < 4.78 is 65.5. The summed E-state index contributed by atoms with van der Waals surface area (Å²) in [6.07, 6.45) is 2.40. The molecule has 1 saturated carbocycles. The molecular weight excluding hydrogens is 251 g/mol. The molecule has 0 aromatic carbocycles. The molecule has 0 bridgehead atoms. The molecule has 9 heteroatoms. The van der Waals surface area contributed by atoms with Gasteiger partial charge in [-0.15, -0.1) is 0 Å². The molecular formula is C7H6F3NO4S. The predicted octanol–water partition coefficient (Wildman–Crippen LogP) is 1.78. The van der Waals surface area contributed by atoms with Gasteiger partial charge in [0.2, 0.25) is 5.89 Å². The van der Waals surface area contributed by atoms with Crippen LogP contribution in [0.5, 0.6) is 5.88 Å². The van der Waals surface area contributed by atoms with Crippen LogP contribution in [0, 0.1) is 0 Å². The van der Waals surface area contributed by atoms with Gasteiger partial charge < -0.3 is 8.60 Å². The molecule has 1 fully saturated rings. The average Bonchev–Trinajstić information content (AvgIpc) is 2.86. The molecule has 0 saturated heterocycles. The number of oxazole rings is 1. The molecule has 0 N–H and O–H groups in total. The molecule has 2 rings (SSSR count). The van der Waals surface area contributed by atoms with Crippen LogP contribution in [0.15, 0.2) is 10.7 Å². The van der Waals surface area contributed by atoms with E-state index in [0.717, 1.165) is 19.1 Å². The molecule has 90 valence electrons. The van der Waals surface area contributed by atoms with Crippen molar-refractivity contribution in [3.05, 3.63) is 12.2 Å². The van der Waals surface area contributed by atoms with Crippen LogP contribution < -0.4 is 4.18 Å². The maximum atomic E-state index is 11.9. The summed E-state index contributed by atoms with van der Waals surface area (Å²) in [6, 6.07) is 0. The molecule has 0 unspecified atom stereocenters. The molecule has 16 heavy (non-hydrogen) atoms. The third-order valence-corrected chi connectivity index (χ3v) is 2.86. The van der Waals surface area contributed by atoms with E-state index >= 15 is 0 Å². The van der Waals surface area contributed by atoms with E-state index in [1.54, 1.807) is 0 Å². The smallest absolute Gasteiger partial charge is 0.445 e. The Hall–Kier alpha value is -1.25. The first-order valence-electron chi connectivity index (χ1n) is 4.26. The number of aromatic nitrogens is 1. The largest absolute Gasteiger partial charge is 0.534 e. The Bertz CT molecular complexity index is 488. The minimum absolute atomic E-state index is 0.0611. The van der Waals surface area contributed by atoms with Gasteiger partial charge in [-0.25, -0.2) is 0 Å². The maximum Gasteiger partial charge on any atom is 0.534 e. The Kier molecular flexibility index (Phi) is 2.37. The summed E-state index contributed by atoms with van der Waals surface area (Å²) in [5.74, 6) is -0.433. The first-order chi connectivity index (χ1) is 7.29. The van der Waals surface area contributed by atoms with Crippen molar-refractivity contribution in [2.75, 3.05) is 0 Å². The lowest BCUT2D eigenvalue weighted by atomic mass is 10.4. The fourth-order valence-electron chi connectivity index (χ4n) is 0.988. The van der Waals surface area contributed by atoms with Crippen LogP contribution in [0.4, 0.5) is 13.2 Å². The zero-order valence-electron chi connectivity index (χ0n) is 7.69. The molecule has 0 spiro atoms. The third kappa shape index (κ3) is 2.13. The molecule has 1 aliphatic carbocycles. The lowest BCUT2D eigenvalue weighted by Crippen LogP contribution is -2.28. The molecule has 0 aliphatic heterocycles. The first-order valence-corrected chi connectivity index (χ1v) is 5.66. The van der Waals surface area contributed by atoms with Gasteiger partial charge in [0.1, 0.15) is 0 Å². The van der Waals surface area contributed by atoms with Gasteiger partial charge in [0.15, 0.2) is 6.26 Å². The Morgan fingerprint density at radius 3 is 2.56 bits per heavy atom. The summed E-state index contributed by atoms with van der Waals surface area (Å²) in [7, 11) is -5.67. The summed E-state index contributed by atoms with van der Waals surface area (Å²) in [6.45, 7) is 0. The number of halogens is 3. The average molecular weight is 257 g/mol. The van der Waals surface area contributed by atoms with Crippen LogP contribution in [-0.4, -0.2) is 18.9 Å². The second kappa shape index (κ2) is 3.37. The van der Waals surface area contributed by atoms with Crippen molar-refractivity contribution >= 4 is 10.1 Å². The second-order valence-corrected chi connectivity index (χ2v) is 4.82. The topological polar surface area (TPSA) is 69.4 Å². The van der Waals surface area contributed by atoms with Crippen molar-refractivity contribution in [1.82, 2.24) is 4.98 Å². The van der Waals surface area contributed by atoms with Crippen molar-refractivity contribution in [2.45, 2.75) is 24.3 Å².